The average molecular weight is 668 g/mol. The van der Waals surface area contributed by atoms with Crippen molar-refractivity contribution in [2.75, 3.05) is 38.4 Å². The van der Waals surface area contributed by atoms with E-state index >= 15 is 0 Å². The molecule has 0 aliphatic heterocycles. The van der Waals surface area contributed by atoms with E-state index < -0.39 is 18.2 Å². The summed E-state index contributed by atoms with van der Waals surface area (Å²) >= 11 is 0. The molecule has 0 fully saturated rings. The molecule has 16 heteroatoms. The number of fused-ring (bicyclic) bond motifs is 2. The summed E-state index contributed by atoms with van der Waals surface area (Å²) in [6.45, 7) is 7.63. The monoisotopic (exact) mass is 667 g/mol. The molecule has 0 aliphatic rings. The molecule has 0 saturated heterocycles. The third-order valence-electron chi connectivity index (χ3n) is 6.76. The van der Waals surface area contributed by atoms with Gasteiger partial charge in [-0.15, -0.1) is 0 Å². The third kappa shape index (κ3) is 8.66. The number of rotatable bonds is 15. The smallest absolute Gasteiger partial charge is 0.264 e. The van der Waals surface area contributed by atoms with Gasteiger partial charge in [0.25, 0.3) is 10.1 Å². The maximum Gasteiger partial charge on any atom is 0.264 e. The third-order valence-corrected chi connectivity index (χ3v) is 9.06. The normalized spacial score (nSPS) is 12.1. The Morgan fingerprint density at radius 2 is 1.83 bits per heavy atom. The Morgan fingerprint density at radius 1 is 1.00 bits per heavy atom. The molecule has 0 bridgehead atoms. The van der Waals surface area contributed by atoms with Crippen LogP contribution in [0.5, 0.6) is 17.5 Å². The van der Waals surface area contributed by atoms with Gasteiger partial charge in [0.05, 0.1) is 23.4 Å². The summed E-state index contributed by atoms with van der Waals surface area (Å²) < 4.78 is 46.9. The summed E-state index contributed by atoms with van der Waals surface area (Å²) in [5.74, 6) is 1.29. The maximum atomic E-state index is 11.2. The van der Waals surface area contributed by atoms with Crippen molar-refractivity contribution in [1.82, 2.24) is 29.5 Å². The molecule has 5 rings (SSSR count). The Hall–Kier alpha value is -4.38. The first kappa shape index (κ1) is 33.0. The number of aromatic nitrogens is 6. The van der Waals surface area contributed by atoms with Crippen LogP contribution in [0.25, 0.3) is 33.1 Å². The van der Waals surface area contributed by atoms with Gasteiger partial charge in [0.15, 0.2) is 11.5 Å². The fraction of sp³-hybridized carbons (Fsp3) is 0.367. The predicted octanol–water partition coefficient (Wildman–Crippen LogP) is 4.43. The van der Waals surface area contributed by atoms with E-state index in [9.17, 15) is 13.5 Å². The molecule has 0 atom stereocenters. The minimum absolute atomic E-state index is 0.0155. The molecule has 2 N–H and O–H groups in total. The number of pyridine rings is 1. The molecule has 0 radical (unpaired) electrons. The highest BCUT2D eigenvalue weighted by atomic mass is 32.2. The van der Waals surface area contributed by atoms with Crippen molar-refractivity contribution in [3.63, 3.8) is 0 Å². The minimum atomic E-state index is -3.57. The fourth-order valence-corrected chi connectivity index (χ4v) is 5.64. The van der Waals surface area contributed by atoms with E-state index in [2.05, 4.69) is 44.9 Å². The van der Waals surface area contributed by atoms with Gasteiger partial charge in [-0.25, -0.2) is 4.98 Å². The molecule has 0 unspecified atom stereocenters. The van der Waals surface area contributed by atoms with Crippen LogP contribution in [0.3, 0.4) is 0 Å². The number of nitrogens with one attached hydrogen (secondary N) is 1. The van der Waals surface area contributed by atoms with Crippen LogP contribution in [0.4, 0.5) is 5.95 Å². The molecule has 4 heterocycles. The standard InChI is InChI=1S/C30H37N7O7SSi/c1-31-30-35-28-27(29(36-30)43-18-25-32-9-8-26(34-25)42-10-11-44-45(2,39)40)23(17-37(28)19-41-12-13-46(3,4)5)20-6-7-24-21(14-20)15-22(38)16-33-24/h6-9,14-17,38H,10-13,18-19H2,1-5H3,(H,31,35,36). The number of hydrogen-bond acceptors (Lipinski definition) is 13. The van der Waals surface area contributed by atoms with Gasteiger partial charge in [-0.2, -0.15) is 23.4 Å². The average Bonchev–Trinajstić information content (AvgIpc) is 3.37. The summed E-state index contributed by atoms with van der Waals surface area (Å²) in [7, 11) is -3.13. The van der Waals surface area contributed by atoms with Crippen LogP contribution in [0.15, 0.2) is 48.9 Å². The summed E-state index contributed by atoms with van der Waals surface area (Å²) in [5, 5.41) is 14.5. The first-order valence-electron chi connectivity index (χ1n) is 14.6. The van der Waals surface area contributed by atoms with Crippen LogP contribution < -0.4 is 14.8 Å². The highest BCUT2D eigenvalue weighted by Crippen LogP contribution is 2.37. The van der Waals surface area contributed by atoms with Crippen molar-refractivity contribution in [1.29, 1.82) is 0 Å². The van der Waals surface area contributed by atoms with E-state index in [1.54, 1.807) is 19.2 Å². The Kier molecular flexibility index (Phi) is 10.0. The molecule has 14 nitrogen and oxygen atoms in total. The zero-order chi connectivity index (χ0) is 32.9. The molecular formula is C30H37N7O7SSi. The zero-order valence-electron chi connectivity index (χ0n) is 26.3. The first-order chi connectivity index (χ1) is 21.9. The Morgan fingerprint density at radius 3 is 2.59 bits per heavy atom. The van der Waals surface area contributed by atoms with E-state index in [4.69, 9.17) is 23.4 Å². The van der Waals surface area contributed by atoms with Gasteiger partial charge in [0.1, 0.15) is 32.3 Å². The Balaban J connectivity index is 1.48. The second-order valence-electron chi connectivity index (χ2n) is 11.7. The summed E-state index contributed by atoms with van der Waals surface area (Å²) in [4.78, 5) is 22.4. The number of benzene rings is 1. The van der Waals surface area contributed by atoms with Crippen molar-refractivity contribution in [2.24, 2.45) is 0 Å². The van der Waals surface area contributed by atoms with Crippen LogP contribution in [0, 0.1) is 0 Å². The fourth-order valence-electron chi connectivity index (χ4n) is 4.51. The van der Waals surface area contributed by atoms with Crippen molar-refractivity contribution in [3.8, 4) is 28.6 Å². The number of aromatic hydroxyl groups is 1. The van der Waals surface area contributed by atoms with Crippen molar-refractivity contribution < 1.29 is 31.9 Å². The van der Waals surface area contributed by atoms with Gasteiger partial charge >= 0.3 is 0 Å². The molecule has 1 aromatic carbocycles. The van der Waals surface area contributed by atoms with Crippen molar-refractivity contribution in [2.45, 2.75) is 39.0 Å². The van der Waals surface area contributed by atoms with Gasteiger partial charge < -0.3 is 29.2 Å². The molecule has 0 saturated carbocycles. The lowest BCUT2D eigenvalue weighted by Crippen LogP contribution is -2.22. The first-order valence-corrected chi connectivity index (χ1v) is 20.1. The highest BCUT2D eigenvalue weighted by molar-refractivity contribution is 7.85. The van der Waals surface area contributed by atoms with Gasteiger partial charge in [0, 0.05) is 51.1 Å². The molecule has 5 aromatic rings. The molecule has 0 aliphatic carbocycles. The topological polar surface area (TPSA) is 173 Å². The summed E-state index contributed by atoms with van der Waals surface area (Å²) in [6, 6.07) is 10.0. The number of anilines is 1. The number of ether oxygens (including phenoxy) is 3. The second-order valence-corrected chi connectivity index (χ2v) is 19.0. The van der Waals surface area contributed by atoms with Crippen molar-refractivity contribution in [3.05, 3.63) is 54.7 Å². The van der Waals surface area contributed by atoms with E-state index in [1.165, 1.54) is 12.4 Å². The van der Waals surface area contributed by atoms with Crippen molar-refractivity contribution >= 4 is 46.1 Å². The van der Waals surface area contributed by atoms with Crippen LogP contribution in [-0.2, 0) is 32.4 Å². The lowest BCUT2D eigenvalue weighted by molar-refractivity contribution is 0.0899. The molecular weight excluding hydrogens is 631 g/mol. The molecule has 244 valence electrons. The maximum absolute atomic E-state index is 11.2. The number of hydrogen-bond donors (Lipinski definition) is 2. The van der Waals surface area contributed by atoms with Gasteiger partial charge in [-0.3, -0.25) is 9.17 Å². The Bertz CT molecular complexity index is 1950. The Labute approximate surface area is 267 Å². The highest BCUT2D eigenvalue weighted by Gasteiger charge is 2.21. The molecule has 0 spiro atoms. The quantitative estimate of drug-likeness (QED) is 0.0913. The van der Waals surface area contributed by atoms with Crippen LogP contribution in [0.1, 0.15) is 5.82 Å². The summed E-state index contributed by atoms with van der Waals surface area (Å²) in [5.41, 5.74) is 3.00. The van der Waals surface area contributed by atoms with E-state index in [-0.39, 0.29) is 38.2 Å². The van der Waals surface area contributed by atoms with Gasteiger partial charge in [-0.1, -0.05) is 25.7 Å². The van der Waals surface area contributed by atoms with Gasteiger partial charge in [-0.05, 0) is 29.8 Å². The SMILES string of the molecule is CNc1nc(OCc2nccc(OCCOS(C)(=O)=O)n2)c2c(-c3ccc4ncc(O)cc4c3)cn(COCC[Si](C)(C)C)c2n1. The molecule has 4 aromatic heterocycles. The van der Waals surface area contributed by atoms with E-state index in [0.717, 1.165) is 34.3 Å². The largest absolute Gasteiger partial charge is 0.506 e. The van der Waals surface area contributed by atoms with Gasteiger partial charge in [0.2, 0.25) is 17.7 Å². The summed E-state index contributed by atoms with van der Waals surface area (Å²) in [6.07, 6.45) is 5.86. The van der Waals surface area contributed by atoms with E-state index in [1.807, 2.05) is 29.0 Å². The van der Waals surface area contributed by atoms with E-state index in [0.29, 0.717) is 35.3 Å². The van der Waals surface area contributed by atoms with Crippen LogP contribution in [-0.4, -0.2) is 84.2 Å². The van der Waals surface area contributed by atoms with Crippen LogP contribution >= 0.6 is 0 Å². The lowest BCUT2D eigenvalue weighted by atomic mass is 10.0. The minimum Gasteiger partial charge on any atom is -0.506 e. The van der Waals surface area contributed by atoms with Crippen LogP contribution in [0.2, 0.25) is 25.7 Å². The molecule has 0 amide bonds. The predicted molar refractivity (Wildman–Crippen MR) is 176 cm³/mol. The zero-order valence-corrected chi connectivity index (χ0v) is 28.2. The second kappa shape index (κ2) is 13.9. The lowest BCUT2D eigenvalue weighted by Gasteiger charge is -2.15. The molecule has 46 heavy (non-hydrogen) atoms. The number of nitrogens with zero attached hydrogens (tertiary/aromatic N) is 6.